The smallest absolute Gasteiger partial charge is 0.313 e. The standard InChI is InChI=1S/C17H19FN2O4/c1-10(9-21)11(2)19-16(22)17(23)20-14-8-12(5-6-13(14)18)15-4-3-7-24-15/h3-8,10-11,21H,9H2,1-2H3,(H,19,22)(H,20,23). The molecule has 0 aliphatic rings. The summed E-state index contributed by atoms with van der Waals surface area (Å²) >= 11 is 0. The summed E-state index contributed by atoms with van der Waals surface area (Å²) in [5.41, 5.74) is 0.450. The molecule has 6 nitrogen and oxygen atoms in total. The lowest BCUT2D eigenvalue weighted by Crippen LogP contribution is -2.44. The summed E-state index contributed by atoms with van der Waals surface area (Å²) in [6.07, 6.45) is 1.48. The molecule has 0 aliphatic heterocycles. The molecule has 128 valence electrons. The highest BCUT2D eigenvalue weighted by Gasteiger charge is 2.20. The average Bonchev–Trinajstić information content (AvgIpc) is 3.10. The summed E-state index contributed by atoms with van der Waals surface area (Å²) in [6.45, 7) is 3.28. The molecule has 0 bridgehead atoms. The van der Waals surface area contributed by atoms with Gasteiger partial charge in [-0.1, -0.05) is 6.92 Å². The van der Waals surface area contributed by atoms with Crippen molar-refractivity contribution in [3.63, 3.8) is 0 Å². The van der Waals surface area contributed by atoms with E-state index in [1.165, 1.54) is 24.5 Å². The van der Waals surface area contributed by atoms with Crippen LogP contribution in [0.1, 0.15) is 13.8 Å². The minimum atomic E-state index is -0.984. The van der Waals surface area contributed by atoms with Gasteiger partial charge in [0.05, 0.1) is 12.0 Å². The second-order valence-electron chi connectivity index (χ2n) is 5.55. The van der Waals surface area contributed by atoms with Gasteiger partial charge in [0.2, 0.25) is 0 Å². The van der Waals surface area contributed by atoms with E-state index in [0.717, 1.165) is 0 Å². The lowest BCUT2D eigenvalue weighted by Gasteiger charge is -2.18. The van der Waals surface area contributed by atoms with Crippen LogP contribution < -0.4 is 10.6 Å². The number of carbonyl (C=O) groups is 2. The second kappa shape index (κ2) is 7.74. The minimum absolute atomic E-state index is 0.119. The Morgan fingerprint density at radius 2 is 2.00 bits per heavy atom. The van der Waals surface area contributed by atoms with E-state index in [1.54, 1.807) is 26.0 Å². The third kappa shape index (κ3) is 4.20. The lowest BCUT2D eigenvalue weighted by atomic mass is 10.1. The van der Waals surface area contributed by atoms with Crippen LogP contribution in [0.25, 0.3) is 11.3 Å². The number of hydrogen-bond donors (Lipinski definition) is 3. The molecule has 1 aromatic carbocycles. The van der Waals surface area contributed by atoms with E-state index in [-0.39, 0.29) is 18.2 Å². The summed E-state index contributed by atoms with van der Waals surface area (Å²) in [6, 6.07) is 7.07. The molecule has 0 saturated heterocycles. The van der Waals surface area contributed by atoms with Crippen molar-refractivity contribution < 1.29 is 23.5 Å². The van der Waals surface area contributed by atoms with E-state index >= 15 is 0 Å². The van der Waals surface area contributed by atoms with Crippen molar-refractivity contribution in [3.8, 4) is 11.3 Å². The van der Waals surface area contributed by atoms with Crippen LogP contribution in [0.15, 0.2) is 41.0 Å². The fraction of sp³-hybridized carbons (Fsp3) is 0.294. The molecular weight excluding hydrogens is 315 g/mol. The van der Waals surface area contributed by atoms with Gasteiger partial charge in [-0.25, -0.2) is 4.39 Å². The van der Waals surface area contributed by atoms with E-state index in [4.69, 9.17) is 9.52 Å². The van der Waals surface area contributed by atoms with Crippen LogP contribution in [-0.2, 0) is 9.59 Å². The maximum Gasteiger partial charge on any atom is 0.313 e. The number of aliphatic hydroxyl groups is 1. The van der Waals surface area contributed by atoms with Crippen molar-refractivity contribution in [2.24, 2.45) is 5.92 Å². The molecule has 1 heterocycles. The van der Waals surface area contributed by atoms with E-state index in [1.807, 2.05) is 0 Å². The zero-order chi connectivity index (χ0) is 17.7. The second-order valence-corrected chi connectivity index (χ2v) is 5.55. The van der Waals surface area contributed by atoms with Crippen molar-refractivity contribution in [1.82, 2.24) is 5.32 Å². The van der Waals surface area contributed by atoms with E-state index in [9.17, 15) is 14.0 Å². The summed E-state index contributed by atoms with van der Waals surface area (Å²) in [5.74, 6) is -2.24. The van der Waals surface area contributed by atoms with Gasteiger partial charge in [-0.15, -0.1) is 0 Å². The highest BCUT2D eigenvalue weighted by atomic mass is 19.1. The third-order valence-electron chi connectivity index (χ3n) is 3.73. The predicted octanol–water partition coefficient (Wildman–Crippen LogP) is 2.16. The SMILES string of the molecule is CC(CO)C(C)NC(=O)C(=O)Nc1cc(-c2ccco2)ccc1F. The molecule has 2 atom stereocenters. The summed E-state index contributed by atoms with van der Waals surface area (Å²) < 4.78 is 19.1. The van der Waals surface area contributed by atoms with Gasteiger partial charge in [-0.05, 0) is 43.2 Å². The fourth-order valence-corrected chi connectivity index (χ4v) is 1.97. The van der Waals surface area contributed by atoms with Crippen molar-refractivity contribution >= 4 is 17.5 Å². The Labute approximate surface area is 138 Å². The highest BCUT2D eigenvalue weighted by molar-refractivity contribution is 6.39. The molecule has 0 fully saturated rings. The quantitative estimate of drug-likeness (QED) is 0.731. The van der Waals surface area contributed by atoms with Gasteiger partial charge >= 0.3 is 11.8 Å². The number of amides is 2. The van der Waals surface area contributed by atoms with Gasteiger partial charge in [0, 0.05) is 18.2 Å². The molecule has 2 unspecified atom stereocenters. The Hall–Kier alpha value is -2.67. The molecule has 7 heteroatoms. The van der Waals surface area contributed by atoms with Crippen LogP contribution >= 0.6 is 0 Å². The van der Waals surface area contributed by atoms with Gasteiger partial charge in [-0.2, -0.15) is 0 Å². The molecule has 2 amide bonds. The van der Waals surface area contributed by atoms with Gasteiger partial charge in [0.1, 0.15) is 11.6 Å². The Morgan fingerprint density at radius 1 is 1.25 bits per heavy atom. The van der Waals surface area contributed by atoms with E-state index < -0.39 is 23.7 Å². The van der Waals surface area contributed by atoms with Gasteiger partial charge in [-0.3, -0.25) is 9.59 Å². The molecule has 1 aromatic heterocycles. The average molecular weight is 334 g/mol. The zero-order valence-electron chi connectivity index (χ0n) is 13.4. The van der Waals surface area contributed by atoms with Crippen molar-refractivity contribution in [2.45, 2.75) is 19.9 Å². The Balaban J connectivity index is 2.08. The number of aliphatic hydroxyl groups excluding tert-OH is 1. The summed E-state index contributed by atoms with van der Waals surface area (Å²) in [7, 11) is 0. The largest absolute Gasteiger partial charge is 0.464 e. The number of benzene rings is 1. The molecule has 24 heavy (non-hydrogen) atoms. The van der Waals surface area contributed by atoms with Crippen LogP contribution in [0.4, 0.5) is 10.1 Å². The number of carbonyl (C=O) groups excluding carboxylic acids is 2. The van der Waals surface area contributed by atoms with Gasteiger partial charge in [0.25, 0.3) is 0 Å². The molecule has 0 radical (unpaired) electrons. The van der Waals surface area contributed by atoms with Gasteiger partial charge in [0.15, 0.2) is 0 Å². The molecular formula is C17H19FN2O4. The number of nitrogens with one attached hydrogen (secondary N) is 2. The number of rotatable bonds is 5. The summed E-state index contributed by atoms with van der Waals surface area (Å²) in [5, 5.41) is 13.7. The van der Waals surface area contributed by atoms with E-state index in [0.29, 0.717) is 11.3 Å². The minimum Gasteiger partial charge on any atom is -0.464 e. The van der Waals surface area contributed by atoms with Crippen molar-refractivity contribution in [3.05, 3.63) is 42.4 Å². The first-order chi connectivity index (χ1) is 11.4. The number of hydrogen-bond acceptors (Lipinski definition) is 4. The zero-order valence-corrected chi connectivity index (χ0v) is 13.4. The van der Waals surface area contributed by atoms with Crippen LogP contribution in [0.5, 0.6) is 0 Å². The van der Waals surface area contributed by atoms with Crippen LogP contribution in [0.3, 0.4) is 0 Å². The Morgan fingerprint density at radius 3 is 2.62 bits per heavy atom. The van der Waals surface area contributed by atoms with Crippen LogP contribution in [0, 0.1) is 11.7 Å². The number of furan rings is 1. The molecule has 0 saturated carbocycles. The molecule has 2 rings (SSSR count). The monoisotopic (exact) mass is 334 g/mol. The Bertz CT molecular complexity index is 715. The first-order valence-electron chi connectivity index (χ1n) is 7.48. The number of anilines is 1. The summed E-state index contributed by atoms with van der Waals surface area (Å²) in [4.78, 5) is 23.8. The lowest BCUT2D eigenvalue weighted by molar-refractivity contribution is -0.136. The highest BCUT2D eigenvalue weighted by Crippen LogP contribution is 2.25. The predicted molar refractivity (Wildman–Crippen MR) is 86.6 cm³/mol. The van der Waals surface area contributed by atoms with Gasteiger partial charge < -0.3 is 20.2 Å². The van der Waals surface area contributed by atoms with E-state index in [2.05, 4.69) is 10.6 Å². The maximum absolute atomic E-state index is 13.9. The van der Waals surface area contributed by atoms with Crippen molar-refractivity contribution in [1.29, 1.82) is 0 Å². The molecule has 0 aliphatic carbocycles. The fourth-order valence-electron chi connectivity index (χ4n) is 1.97. The van der Waals surface area contributed by atoms with Crippen LogP contribution in [0.2, 0.25) is 0 Å². The first-order valence-corrected chi connectivity index (χ1v) is 7.48. The first kappa shape index (κ1) is 17.7. The molecule has 3 N–H and O–H groups in total. The number of halogens is 1. The topological polar surface area (TPSA) is 91.6 Å². The van der Waals surface area contributed by atoms with Crippen molar-refractivity contribution in [2.75, 3.05) is 11.9 Å². The van der Waals surface area contributed by atoms with Crippen LogP contribution in [-0.4, -0.2) is 29.6 Å². The third-order valence-corrected chi connectivity index (χ3v) is 3.73. The molecule has 0 spiro atoms. The molecule has 2 aromatic rings. The Kier molecular flexibility index (Phi) is 5.70. The normalized spacial score (nSPS) is 13.2. The maximum atomic E-state index is 13.9.